The summed E-state index contributed by atoms with van der Waals surface area (Å²) in [5.74, 6) is 0. The van der Waals surface area contributed by atoms with Gasteiger partial charge in [-0.15, -0.1) is 0 Å². The molecule has 0 saturated carbocycles. The van der Waals surface area contributed by atoms with Crippen molar-refractivity contribution in [2.24, 2.45) is 0 Å². The van der Waals surface area contributed by atoms with Gasteiger partial charge in [0, 0.05) is 13.6 Å². The molecule has 0 aromatic heterocycles. The molecule has 2 N–H and O–H groups in total. The maximum Gasteiger partial charge on any atom is 0.317 e. The number of nitrogens with zero attached hydrogens (tertiary/aromatic N) is 1. The molecule has 0 saturated heterocycles. The number of urea groups is 1. The van der Waals surface area contributed by atoms with Gasteiger partial charge in [-0.05, 0) is 12.5 Å². The Bertz CT molecular complexity index is 327. The zero-order chi connectivity index (χ0) is 12.0. The van der Waals surface area contributed by atoms with Crippen molar-refractivity contribution in [1.82, 2.24) is 10.2 Å². The summed E-state index contributed by atoms with van der Waals surface area (Å²) in [5.41, 5.74) is 0.905. The van der Waals surface area contributed by atoms with E-state index in [9.17, 15) is 9.90 Å². The van der Waals surface area contributed by atoms with Crippen molar-refractivity contribution in [2.75, 3.05) is 20.2 Å². The highest BCUT2D eigenvalue weighted by molar-refractivity contribution is 5.74. The maximum atomic E-state index is 11.6. The molecule has 0 heterocycles. The normalized spacial score (nSPS) is 11.9. The second kappa shape index (κ2) is 6.12. The molecule has 2 amide bonds. The van der Waals surface area contributed by atoms with Crippen LogP contribution in [-0.4, -0.2) is 36.2 Å². The first kappa shape index (κ1) is 12.5. The molecular weight excluding hydrogens is 204 g/mol. The third-order valence-corrected chi connectivity index (χ3v) is 2.50. The molecule has 0 fully saturated rings. The average molecular weight is 222 g/mol. The van der Waals surface area contributed by atoms with Crippen LogP contribution in [0.25, 0.3) is 0 Å². The van der Waals surface area contributed by atoms with Gasteiger partial charge in [-0.1, -0.05) is 30.3 Å². The summed E-state index contributed by atoms with van der Waals surface area (Å²) >= 11 is 0. The second-order valence-electron chi connectivity index (χ2n) is 3.61. The number of nitrogens with one attached hydrogen (secondary N) is 1. The van der Waals surface area contributed by atoms with E-state index in [-0.39, 0.29) is 18.7 Å². The lowest BCUT2D eigenvalue weighted by molar-refractivity contribution is 0.193. The van der Waals surface area contributed by atoms with Gasteiger partial charge in [-0.2, -0.15) is 0 Å². The number of rotatable bonds is 4. The van der Waals surface area contributed by atoms with Crippen LogP contribution in [0.3, 0.4) is 0 Å². The zero-order valence-corrected chi connectivity index (χ0v) is 9.68. The van der Waals surface area contributed by atoms with Gasteiger partial charge >= 0.3 is 6.03 Å². The molecule has 1 aromatic carbocycles. The van der Waals surface area contributed by atoms with E-state index in [1.807, 2.05) is 37.3 Å². The second-order valence-corrected chi connectivity index (χ2v) is 3.61. The van der Waals surface area contributed by atoms with Crippen LogP contribution in [0.5, 0.6) is 0 Å². The van der Waals surface area contributed by atoms with Gasteiger partial charge < -0.3 is 15.3 Å². The Hall–Kier alpha value is -1.55. The van der Waals surface area contributed by atoms with E-state index < -0.39 is 0 Å². The molecule has 0 aliphatic rings. The lowest BCUT2D eigenvalue weighted by atomic mass is 10.1. The Kier molecular flexibility index (Phi) is 4.79. The third-order valence-electron chi connectivity index (χ3n) is 2.50. The minimum atomic E-state index is -0.345. The molecule has 1 unspecified atom stereocenters. The van der Waals surface area contributed by atoms with Gasteiger partial charge in [0.1, 0.15) is 0 Å². The molecule has 0 spiro atoms. The van der Waals surface area contributed by atoms with Gasteiger partial charge in [0.05, 0.1) is 12.6 Å². The summed E-state index contributed by atoms with van der Waals surface area (Å²) in [6.45, 7) is 2.43. The number of benzene rings is 1. The van der Waals surface area contributed by atoms with Gasteiger partial charge in [0.2, 0.25) is 0 Å². The predicted molar refractivity (Wildman–Crippen MR) is 63.1 cm³/mol. The van der Waals surface area contributed by atoms with Crippen LogP contribution in [-0.2, 0) is 0 Å². The molecule has 0 aliphatic carbocycles. The van der Waals surface area contributed by atoms with Crippen molar-refractivity contribution in [3.8, 4) is 0 Å². The summed E-state index contributed by atoms with van der Waals surface area (Å²) in [5, 5.41) is 12.0. The van der Waals surface area contributed by atoms with E-state index in [4.69, 9.17) is 0 Å². The highest BCUT2D eigenvalue weighted by atomic mass is 16.3. The van der Waals surface area contributed by atoms with Gasteiger partial charge in [0.15, 0.2) is 0 Å². The summed E-state index contributed by atoms with van der Waals surface area (Å²) in [7, 11) is 1.72. The Labute approximate surface area is 95.9 Å². The fraction of sp³-hybridized carbons (Fsp3) is 0.417. The lowest BCUT2D eigenvalue weighted by Crippen LogP contribution is -2.40. The first-order chi connectivity index (χ1) is 7.69. The van der Waals surface area contributed by atoms with Crippen LogP contribution in [0.1, 0.15) is 18.5 Å². The summed E-state index contributed by atoms with van der Waals surface area (Å²) in [4.78, 5) is 13.2. The van der Waals surface area contributed by atoms with E-state index in [1.165, 1.54) is 0 Å². The first-order valence-electron chi connectivity index (χ1n) is 5.36. The largest absolute Gasteiger partial charge is 0.394 e. The molecular formula is C12H18N2O2. The molecule has 1 rings (SSSR count). The van der Waals surface area contributed by atoms with Crippen LogP contribution >= 0.6 is 0 Å². The minimum absolute atomic E-state index is 0.104. The highest BCUT2D eigenvalue weighted by Gasteiger charge is 2.14. The molecule has 1 aromatic rings. The van der Waals surface area contributed by atoms with Gasteiger partial charge in [-0.3, -0.25) is 0 Å². The zero-order valence-electron chi connectivity index (χ0n) is 9.68. The van der Waals surface area contributed by atoms with E-state index in [1.54, 1.807) is 11.9 Å². The predicted octanol–water partition coefficient (Wildman–Crippen LogP) is 1.38. The van der Waals surface area contributed by atoms with Gasteiger partial charge in [-0.25, -0.2) is 4.79 Å². The minimum Gasteiger partial charge on any atom is -0.394 e. The quantitative estimate of drug-likeness (QED) is 0.808. The van der Waals surface area contributed by atoms with Crippen molar-refractivity contribution in [3.63, 3.8) is 0 Å². The standard InChI is InChI=1S/C12H18N2O2/c1-3-14(2)12(16)13-11(9-15)10-7-5-4-6-8-10/h4-8,11,15H,3,9H2,1-2H3,(H,13,16). The molecule has 16 heavy (non-hydrogen) atoms. The summed E-state index contributed by atoms with van der Waals surface area (Å²) in [6.07, 6.45) is 0. The van der Waals surface area contributed by atoms with Crippen molar-refractivity contribution in [3.05, 3.63) is 35.9 Å². The van der Waals surface area contributed by atoms with Crippen molar-refractivity contribution in [2.45, 2.75) is 13.0 Å². The average Bonchev–Trinajstić information content (AvgIpc) is 2.35. The van der Waals surface area contributed by atoms with Crippen molar-refractivity contribution >= 4 is 6.03 Å². The summed E-state index contributed by atoms with van der Waals surface area (Å²) < 4.78 is 0. The highest BCUT2D eigenvalue weighted by Crippen LogP contribution is 2.11. The smallest absolute Gasteiger partial charge is 0.317 e. The number of aliphatic hydroxyl groups excluding tert-OH is 1. The molecule has 1 atom stereocenters. The molecule has 0 radical (unpaired) electrons. The van der Waals surface area contributed by atoms with E-state index >= 15 is 0 Å². The Balaban J connectivity index is 2.66. The Morgan fingerprint density at radius 2 is 2.06 bits per heavy atom. The van der Waals surface area contributed by atoms with E-state index in [0.29, 0.717) is 6.54 Å². The van der Waals surface area contributed by atoms with Crippen LogP contribution in [0.4, 0.5) is 4.79 Å². The van der Waals surface area contributed by atoms with Crippen molar-refractivity contribution < 1.29 is 9.90 Å². The Morgan fingerprint density at radius 3 is 2.56 bits per heavy atom. The summed E-state index contributed by atoms with van der Waals surface area (Å²) in [6, 6.07) is 8.91. The topological polar surface area (TPSA) is 52.6 Å². The fourth-order valence-electron chi connectivity index (χ4n) is 1.32. The van der Waals surface area contributed by atoms with Crippen LogP contribution < -0.4 is 5.32 Å². The molecule has 0 aliphatic heterocycles. The van der Waals surface area contributed by atoms with E-state index in [0.717, 1.165) is 5.56 Å². The number of aliphatic hydroxyl groups is 1. The van der Waals surface area contributed by atoms with Crippen LogP contribution in [0.15, 0.2) is 30.3 Å². The first-order valence-corrected chi connectivity index (χ1v) is 5.36. The van der Waals surface area contributed by atoms with Crippen molar-refractivity contribution in [1.29, 1.82) is 0 Å². The number of carbonyl (C=O) groups is 1. The number of amides is 2. The molecule has 88 valence electrons. The van der Waals surface area contributed by atoms with Gasteiger partial charge in [0.25, 0.3) is 0 Å². The SMILES string of the molecule is CCN(C)C(=O)NC(CO)c1ccccc1. The lowest BCUT2D eigenvalue weighted by Gasteiger charge is -2.21. The third kappa shape index (κ3) is 3.24. The number of hydrogen-bond donors (Lipinski definition) is 2. The maximum absolute atomic E-state index is 11.6. The number of carbonyl (C=O) groups excluding carboxylic acids is 1. The monoisotopic (exact) mass is 222 g/mol. The molecule has 4 heteroatoms. The number of hydrogen-bond acceptors (Lipinski definition) is 2. The molecule has 4 nitrogen and oxygen atoms in total. The van der Waals surface area contributed by atoms with Crippen LogP contribution in [0, 0.1) is 0 Å². The fourth-order valence-corrected chi connectivity index (χ4v) is 1.32. The van der Waals surface area contributed by atoms with Crippen LogP contribution in [0.2, 0.25) is 0 Å². The van der Waals surface area contributed by atoms with E-state index in [2.05, 4.69) is 5.32 Å². The Morgan fingerprint density at radius 1 is 1.44 bits per heavy atom. The molecule has 0 bridgehead atoms.